The van der Waals surface area contributed by atoms with Gasteiger partial charge in [0.05, 0.1) is 35.8 Å². The smallest absolute Gasteiger partial charge is 0.543 e. The first kappa shape index (κ1) is 31.0. The summed E-state index contributed by atoms with van der Waals surface area (Å²) in [6.07, 6.45) is 0. The van der Waals surface area contributed by atoms with Crippen LogP contribution in [0.2, 0.25) is 0 Å². The van der Waals surface area contributed by atoms with Gasteiger partial charge in [-0.05, 0) is 0 Å². The second-order valence-electron chi connectivity index (χ2n) is 1.72. The summed E-state index contributed by atoms with van der Waals surface area (Å²) in [5.74, 6) is -13.1. The summed E-state index contributed by atoms with van der Waals surface area (Å²) in [6, 6.07) is 0. The number of carboxylic acids is 6. The van der Waals surface area contributed by atoms with Gasteiger partial charge in [-0.15, -0.1) is 0 Å². The van der Waals surface area contributed by atoms with Crippen LogP contribution in [-0.4, -0.2) is 35.8 Å². The zero-order chi connectivity index (χ0) is 15.5. The van der Waals surface area contributed by atoms with Crippen molar-refractivity contribution in [1.29, 1.82) is 0 Å². The van der Waals surface area contributed by atoms with Crippen LogP contribution < -0.4 is 30.6 Å². The normalized spacial score (nSPS) is 6.60. The molecule has 0 unspecified atom stereocenters. The van der Waals surface area contributed by atoms with Crippen LogP contribution in [0.15, 0.2) is 0 Å². The molecule has 0 radical (unpaired) electrons. The quantitative estimate of drug-likeness (QED) is 0.247. The van der Waals surface area contributed by atoms with Gasteiger partial charge in [0.1, 0.15) is 0 Å². The molecule has 0 aromatic heterocycles. The molecule has 0 aliphatic heterocycles. The van der Waals surface area contributed by atoms with Crippen LogP contribution in [-0.2, 0) is 73.5 Å². The zero-order valence-corrected chi connectivity index (χ0v) is 13.2. The number of carbonyl (C=O) groups is 6. The van der Waals surface area contributed by atoms with E-state index in [9.17, 15) is 0 Å². The topological polar surface area (TPSA) is 241 Å². The fourth-order valence-electron chi connectivity index (χ4n) is 0. The van der Waals surface area contributed by atoms with E-state index in [0.29, 0.717) is 0 Å². The minimum atomic E-state index is -2.19. The van der Waals surface area contributed by atoms with Gasteiger partial charge in [-0.1, -0.05) is 0 Å². The van der Waals surface area contributed by atoms with Crippen LogP contribution in [0.4, 0.5) is 0 Å². The molecule has 0 aliphatic rings. The molecule has 20 heavy (non-hydrogen) atoms. The SMILES string of the molecule is O=C([O-])C(=O)[O-].O=C([O-])C(=O)[O-].O=C([O-])C(=O)[O-].[Nb+3].[Nb+3]. The minimum absolute atomic E-state index is 0. The van der Waals surface area contributed by atoms with Crippen LogP contribution in [0.5, 0.6) is 0 Å². The Morgan fingerprint density at radius 1 is 0.350 bits per heavy atom. The van der Waals surface area contributed by atoms with Crippen LogP contribution in [0, 0.1) is 0 Å². The molecular formula is C6Nb2O12. The van der Waals surface area contributed by atoms with Gasteiger partial charge in [-0.3, -0.25) is 0 Å². The summed E-state index contributed by atoms with van der Waals surface area (Å²) in [5.41, 5.74) is 0. The van der Waals surface area contributed by atoms with Crippen molar-refractivity contribution in [3.63, 3.8) is 0 Å². The van der Waals surface area contributed by atoms with Gasteiger partial charge in [0.15, 0.2) is 0 Å². The Balaban J connectivity index is -0.0000000536. The van der Waals surface area contributed by atoms with E-state index < -0.39 is 35.8 Å². The molecule has 0 N–H and O–H groups in total. The minimum Gasteiger partial charge on any atom is -0.543 e. The molecule has 0 aromatic rings. The molecule has 0 spiro atoms. The molecule has 0 heterocycles. The van der Waals surface area contributed by atoms with Crippen LogP contribution >= 0.6 is 0 Å². The standard InChI is InChI=1S/3C2H2O4.2Nb/c3*3-1(4)2(5)6;;/h3*(H,3,4)(H,5,6);;/q;;;2*+3/p-6. The average Bonchev–Trinajstić information content (AvgIpc) is 2.18. The summed E-state index contributed by atoms with van der Waals surface area (Å²) in [6.45, 7) is 0. The van der Waals surface area contributed by atoms with Crippen molar-refractivity contribution in [3.05, 3.63) is 0 Å². The molecule has 12 nitrogen and oxygen atoms in total. The van der Waals surface area contributed by atoms with Crippen molar-refractivity contribution in [2.45, 2.75) is 0 Å². The number of carboxylic acid groups (broad SMARTS) is 6. The predicted molar refractivity (Wildman–Crippen MR) is 30.0 cm³/mol. The molecule has 0 fully saturated rings. The van der Waals surface area contributed by atoms with Crippen LogP contribution in [0.25, 0.3) is 0 Å². The molecule has 0 bridgehead atoms. The number of carbonyl (C=O) groups excluding carboxylic acids is 6. The summed E-state index contributed by atoms with van der Waals surface area (Å²) < 4.78 is 0. The van der Waals surface area contributed by atoms with Crippen molar-refractivity contribution in [1.82, 2.24) is 0 Å². The summed E-state index contributed by atoms with van der Waals surface area (Å²) >= 11 is 0. The third-order valence-corrected chi connectivity index (χ3v) is 0.500. The fourth-order valence-corrected chi connectivity index (χ4v) is 0. The first-order valence-corrected chi connectivity index (χ1v) is 3.20. The van der Waals surface area contributed by atoms with Crippen molar-refractivity contribution in [3.8, 4) is 0 Å². The van der Waals surface area contributed by atoms with Gasteiger partial charge >= 0.3 is 44.8 Å². The molecule has 0 aliphatic carbocycles. The van der Waals surface area contributed by atoms with Crippen molar-refractivity contribution < 1.29 is 104 Å². The average molecular weight is 450 g/mol. The van der Waals surface area contributed by atoms with Gasteiger partial charge < -0.3 is 59.4 Å². The Hall–Kier alpha value is -1.70. The maximum absolute atomic E-state index is 8.93. The summed E-state index contributed by atoms with van der Waals surface area (Å²) in [4.78, 5) is 53.6. The Labute approximate surface area is 140 Å². The maximum Gasteiger partial charge on any atom is 3.00 e. The summed E-state index contributed by atoms with van der Waals surface area (Å²) in [7, 11) is 0. The van der Waals surface area contributed by atoms with E-state index in [-0.39, 0.29) is 44.8 Å². The molecule has 14 heteroatoms. The fraction of sp³-hybridized carbons (Fsp3) is 0. The largest absolute Gasteiger partial charge is 3.00 e. The second kappa shape index (κ2) is 17.3. The van der Waals surface area contributed by atoms with Crippen molar-refractivity contribution >= 4 is 35.8 Å². The predicted octanol–water partition coefficient (Wildman–Crippen LogP) is -10.5. The van der Waals surface area contributed by atoms with E-state index in [4.69, 9.17) is 59.4 Å². The maximum atomic E-state index is 8.93. The Bertz CT molecular complexity index is 281. The molecule has 0 rings (SSSR count). The van der Waals surface area contributed by atoms with E-state index in [1.165, 1.54) is 0 Å². The summed E-state index contributed by atoms with van der Waals surface area (Å²) in [5, 5.41) is 53.6. The van der Waals surface area contributed by atoms with Crippen molar-refractivity contribution in [2.75, 3.05) is 0 Å². The van der Waals surface area contributed by atoms with E-state index >= 15 is 0 Å². The molecule has 0 amide bonds. The molecule has 0 atom stereocenters. The van der Waals surface area contributed by atoms with E-state index in [1.54, 1.807) is 0 Å². The van der Waals surface area contributed by atoms with Gasteiger partial charge in [0, 0.05) is 0 Å². The van der Waals surface area contributed by atoms with Crippen LogP contribution in [0.1, 0.15) is 0 Å². The van der Waals surface area contributed by atoms with Crippen LogP contribution in [0.3, 0.4) is 0 Å². The number of aliphatic carboxylic acids is 6. The van der Waals surface area contributed by atoms with E-state index in [0.717, 1.165) is 0 Å². The Morgan fingerprint density at radius 2 is 0.400 bits per heavy atom. The number of rotatable bonds is 0. The molecule has 0 saturated heterocycles. The van der Waals surface area contributed by atoms with Gasteiger partial charge in [0.25, 0.3) is 0 Å². The van der Waals surface area contributed by atoms with Gasteiger partial charge in [-0.25, -0.2) is 0 Å². The third kappa shape index (κ3) is 36.0. The third-order valence-electron chi connectivity index (χ3n) is 0.500. The number of hydrogen-bond acceptors (Lipinski definition) is 12. The van der Waals surface area contributed by atoms with Gasteiger partial charge in [0.2, 0.25) is 0 Å². The zero-order valence-electron chi connectivity index (χ0n) is 8.79. The first-order chi connectivity index (χ1) is 7.93. The Kier molecular flexibility index (Phi) is 26.8. The molecule has 106 valence electrons. The van der Waals surface area contributed by atoms with Gasteiger partial charge in [-0.2, -0.15) is 0 Å². The first-order valence-electron chi connectivity index (χ1n) is 3.20. The molecule has 0 aromatic carbocycles. The second-order valence-corrected chi connectivity index (χ2v) is 1.72. The van der Waals surface area contributed by atoms with E-state index in [2.05, 4.69) is 0 Å². The molecular weight excluding hydrogens is 450 g/mol. The Morgan fingerprint density at radius 3 is 0.400 bits per heavy atom. The molecule has 0 saturated carbocycles. The number of hydrogen-bond donors (Lipinski definition) is 0. The van der Waals surface area contributed by atoms with E-state index in [1.807, 2.05) is 0 Å². The van der Waals surface area contributed by atoms with Crippen molar-refractivity contribution in [2.24, 2.45) is 0 Å². The monoisotopic (exact) mass is 450 g/mol.